The molecule has 1 aliphatic carbocycles. The standard InChI is InChI=1S/C86H84N8O6/c1-9-15-36-95-75-59-43-52-29-22-21-28-51(52)42-58(59)50(8)66-64-48-65(68(66)75)89-83-71-73(79(99-40-19-13-5)63-47-56-33-26-24-31-54(56)45-61(63)77(71)97-38-17-11-3)86(93-83)94-84-69-67(49(7)57-34-27-35-87-74(57)80(69)100-41-20-14-6)81(90-84)91-85-72-70(82(88-64)92-85)76(96-37-16-10-2)60-44-53-30-23-25-32-55(53)46-62(60)78(72)98-39-18-12-4/h21-35,42-47H,9-20,36-41,48H2,1-8H3,(H,88,89,90,91,92,93,94). The number of aryl methyl sites for hydroxylation is 2. The van der Waals surface area contributed by atoms with Gasteiger partial charge in [0.15, 0.2) is 29.1 Å². The lowest BCUT2D eigenvalue weighted by Crippen LogP contribution is -2.11. The van der Waals surface area contributed by atoms with Crippen molar-refractivity contribution in [1.29, 1.82) is 0 Å². The van der Waals surface area contributed by atoms with Crippen molar-refractivity contribution >= 4 is 133 Å². The molecule has 0 unspecified atom stereocenters. The number of rotatable bonds is 24. The van der Waals surface area contributed by atoms with Gasteiger partial charge in [0.1, 0.15) is 45.9 Å². The highest BCUT2D eigenvalue weighted by Gasteiger charge is 2.41. The summed E-state index contributed by atoms with van der Waals surface area (Å²) in [7, 11) is 0. The molecule has 14 nitrogen and oxygen atoms in total. The van der Waals surface area contributed by atoms with Gasteiger partial charge in [-0.3, -0.25) is 4.98 Å². The van der Waals surface area contributed by atoms with Crippen LogP contribution >= 0.6 is 0 Å². The van der Waals surface area contributed by atoms with Gasteiger partial charge in [0.25, 0.3) is 0 Å². The molecule has 14 heteroatoms. The van der Waals surface area contributed by atoms with E-state index < -0.39 is 0 Å². The third-order valence-corrected chi connectivity index (χ3v) is 20.1. The Hall–Kier alpha value is -10.5. The molecule has 504 valence electrons. The second-order valence-corrected chi connectivity index (χ2v) is 26.9. The van der Waals surface area contributed by atoms with Gasteiger partial charge in [0.05, 0.1) is 78.7 Å². The first kappa shape index (κ1) is 64.2. The Balaban J connectivity index is 1.10. The molecule has 1 N–H and O–H groups in total. The summed E-state index contributed by atoms with van der Waals surface area (Å²) in [6, 6.07) is 43.2. The summed E-state index contributed by atoms with van der Waals surface area (Å²) >= 11 is 0. The van der Waals surface area contributed by atoms with Crippen LogP contribution in [-0.2, 0) is 0 Å². The predicted octanol–water partition coefficient (Wildman–Crippen LogP) is 21.7. The lowest BCUT2D eigenvalue weighted by atomic mass is 9.92. The number of nitrogens with zero attached hydrogens (tertiary/aromatic N) is 7. The Morgan fingerprint density at radius 2 is 0.650 bits per heavy atom. The fourth-order valence-electron chi connectivity index (χ4n) is 14.9. The zero-order valence-electron chi connectivity index (χ0n) is 58.6. The summed E-state index contributed by atoms with van der Waals surface area (Å²) in [5, 5.41) is 14.6. The number of aromatic nitrogens is 2. The molecule has 0 fully saturated rings. The molecular formula is C86H84N8O6. The van der Waals surface area contributed by atoms with Crippen LogP contribution in [0.4, 0.5) is 11.6 Å². The van der Waals surface area contributed by atoms with Crippen LogP contribution in [0.1, 0.15) is 170 Å². The van der Waals surface area contributed by atoms with Crippen LogP contribution in [0, 0.1) is 13.8 Å². The molecule has 100 heavy (non-hydrogen) atoms. The number of fused-ring (bicyclic) bond motifs is 25. The first-order chi connectivity index (χ1) is 49.2. The predicted molar refractivity (Wildman–Crippen MR) is 413 cm³/mol. The summed E-state index contributed by atoms with van der Waals surface area (Å²) in [6.45, 7) is 20.3. The van der Waals surface area contributed by atoms with Crippen molar-refractivity contribution in [2.45, 2.75) is 139 Å². The maximum absolute atomic E-state index is 7.32. The number of hydrogen-bond acceptors (Lipinski definition) is 13. The number of unbranched alkanes of at least 4 members (excludes halogenated alkanes) is 6. The number of hydrogen-bond donors (Lipinski definition) is 1. The quantitative estimate of drug-likeness (QED) is 0.0466. The van der Waals surface area contributed by atoms with Crippen molar-refractivity contribution in [3.8, 4) is 34.5 Å². The average Bonchev–Trinajstić information content (AvgIpc) is 1.53. The zero-order chi connectivity index (χ0) is 68.1. The van der Waals surface area contributed by atoms with Gasteiger partial charge in [-0.1, -0.05) is 159 Å². The van der Waals surface area contributed by atoms with Crippen LogP contribution in [0.5, 0.6) is 34.5 Å². The first-order valence-electron chi connectivity index (χ1n) is 36.5. The summed E-state index contributed by atoms with van der Waals surface area (Å²) < 4.78 is 43.6. The molecule has 0 spiro atoms. The molecular weight excluding hydrogens is 1240 g/mol. The van der Waals surface area contributed by atoms with E-state index in [2.05, 4.69) is 176 Å². The SMILES string of the molecule is CCCCOc1c2c(c(C)c3cc4ccccc4cc13)C1=NC3=NC(=Nc4[nH]c(c5c(OCCCC)c6ncccc6c(C)c45)N=C4N=C(N=C2C1)c1c4c(OCCCC)c2cc4ccccc4cc2c1OCCCC)c1c3c(OCCCC)c2cc3ccccc3cc2c1OCCCC. The minimum absolute atomic E-state index is 0.283. The number of amidine groups is 4. The van der Waals surface area contributed by atoms with Crippen molar-refractivity contribution in [3.05, 3.63) is 172 Å². The van der Waals surface area contributed by atoms with Crippen LogP contribution in [0.3, 0.4) is 0 Å². The van der Waals surface area contributed by atoms with E-state index in [1.165, 1.54) is 0 Å². The van der Waals surface area contributed by atoms with Crippen molar-refractivity contribution < 1.29 is 28.4 Å². The molecule has 0 amide bonds. The second-order valence-electron chi connectivity index (χ2n) is 26.9. The van der Waals surface area contributed by atoms with Crippen molar-refractivity contribution in [1.82, 2.24) is 9.97 Å². The Bertz CT molecular complexity index is 5540. The van der Waals surface area contributed by atoms with Crippen LogP contribution < -0.4 is 28.4 Å². The van der Waals surface area contributed by atoms with E-state index in [9.17, 15) is 0 Å². The van der Waals surface area contributed by atoms with E-state index in [4.69, 9.17) is 63.4 Å². The van der Waals surface area contributed by atoms with Gasteiger partial charge in [-0.05, 0) is 144 Å². The average molecular weight is 1330 g/mol. The third kappa shape index (κ3) is 11.1. The molecule has 0 saturated carbocycles. The van der Waals surface area contributed by atoms with Gasteiger partial charge in [0, 0.05) is 61.4 Å². The number of nitrogens with one attached hydrogen (secondary N) is 1. The summed E-state index contributed by atoms with van der Waals surface area (Å²) in [5.41, 5.74) is 8.78. The molecule has 3 aliphatic heterocycles. The Morgan fingerprint density at radius 1 is 0.320 bits per heavy atom. The monoisotopic (exact) mass is 1320 g/mol. The number of pyridine rings is 1. The van der Waals surface area contributed by atoms with Crippen LogP contribution in [0.15, 0.2) is 157 Å². The van der Waals surface area contributed by atoms with E-state index >= 15 is 0 Å². The van der Waals surface area contributed by atoms with Gasteiger partial charge in [0.2, 0.25) is 0 Å². The van der Waals surface area contributed by atoms with Gasteiger partial charge < -0.3 is 33.4 Å². The summed E-state index contributed by atoms with van der Waals surface area (Å²) in [6.07, 6.45) is 12.7. The Kier molecular flexibility index (Phi) is 17.6. The molecule has 0 radical (unpaired) electrons. The topological polar surface area (TPSA) is 158 Å². The highest BCUT2D eigenvalue weighted by atomic mass is 16.5. The Labute approximate surface area is 583 Å². The molecule has 0 saturated heterocycles. The lowest BCUT2D eigenvalue weighted by Gasteiger charge is -2.20. The normalized spacial score (nSPS) is 13.8. The molecule has 8 bridgehead atoms. The first-order valence-corrected chi connectivity index (χ1v) is 36.5. The molecule has 0 atom stereocenters. The van der Waals surface area contributed by atoms with E-state index in [1.54, 1.807) is 0 Å². The summed E-state index contributed by atoms with van der Waals surface area (Å²) in [5.74, 6) is 6.68. The lowest BCUT2D eigenvalue weighted by molar-refractivity contribution is 0.305. The van der Waals surface area contributed by atoms with Gasteiger partial charge >= 0.3 is 0 Å². The maximum Gasteiger partial charge on any atom is 0.168 e. The van der Waals surface area contributed by atoms with Gasteiger partial charge in [-0.25, -0.2) is 30.0 Å². The second kappa shape index (κ2) is 27.3. The summed E-state index contributed by atoms with van der Waals surface area (Å²) in [4.78, 5) is 44.5. The van der Waals surface area contributed by atoms with Gasteiger partial charge in [-0.15, -0.1) is 0 Å². The van der Waals surface area contributed by atoms with Gasteiger partial charge in [-0.2, -0.15) is 0 Å². The van der Waals surface area contributed by atoms with Crippen LogP contribution in [0.25, 0.3) is 86.3 Å². The Morgan fingerprint density at radius 3 is 1.04 bits per heavy atom. The highest BCUT2D eigenvalue weighted by Crippen LogP contribution is 2.53. The molecule has 10 aromatic carbocycles. The van der Waals surface area contributed by atoms with Crippen molar-refractivity contribution in [3.63, 3.8) is 0 Å². The number of aromatic amines is 1. The van der Waals surface area contributed by atoms with E-state index in [1.807, 2.05) is 12.3 Å². The van der Waals surface area contributed by atoms with E-state index in [-0.39, 0.29) is 6.42 Å². The number of benzene rings is 10. The van der Waals surface area contributed by atoms with Crippen LogP contribution in [-0.4, -0.2) is 84.4 Å². The molecule has 4 aliphatic rings. The molecule has 16 rings (SSSR count). The van der Waals surface area contributed by atoms with Crippen LogP contribution in [0.2, 0.25) is 0 Å². The molecule has 12 aromatic rings. The fourth-order valence-corrected chi connectivity index (χ4v) is 14.9. The zero-order valence-corrected chi connectivity index (χ0v) is 58.6. The minimum Gasteiger partial charge on any atom is -0.492 e. The molecule has 2 aromatic heterocycles. The van der Waals surface area contributed by atoms with Crippen molar-refractivity contribution in [2.24, 2.45) is 30.0 Å². The largest absolute Gasteiger partial charge is 0.492 e. The number of H-pyrrole nitrogens is 1. The number of aliphatic imine (C=N–C) groups is 6. The maximum atomic E-state index is 7.32. The number of ether oxygens (including phenoxy) is 6. The smallest absolute Gasteiger partial charge is 0.168 e. The molecule has 5 heterocycles. The van der Waals surface area contributed by atoms with E-state index in [0.29, 0.717) is 137 Å². The van der Waals surface area contributed by atoms with Crippen molar-refractivity contribution in [2.75, 3.05) is 39.6 Å². The highest BCUT2D eigenvalue weighted by molar-refractivity contribution is 6.40. The fraction of sp³-hybridized carbons (Fsp3) is 0.314. The minimum atomic E-state index is 0.283. The van der Waals surface area contributed by atoms with E-state index in [0.717, 1.165) is 192 Å². The third-order valence-electron chi connectivity index (χ3n) is 20.1.